The highest BCUT2D eigenvalue weighted by Gasteiger charge is 2.11. The predicted octanol–water partition coefficient (Wildman–Crippen LogP) is 2.23. The Morgan fingerprint density at radius 3 is 2.43 bits per heavy atom. The molecular formula is C15H12FNO4. The fraction of sp³-hybridized carbons (Fsp3) is 0.0667. The second-order valence-corrected chi connectivity index (χ2v) is 4.40. The van der Waals surface area contributed by atoms with Crippen molar-refractivity contribution in [2.45, 2.75) is 6.54 Å². The third kappa shape index (κ3) is 3.79. The first-order valence-corrected chi connectivity index (χ1v) is 6.04. The first kappa shape index (κ1) is 14.5. The summed E-state index contributed by atoms with van der Waals surface area (Å²) in [6.45, 7) is 0.459. The fourth-order valence-corrected chi connectivity index (χ4v) is 1.76. The Labute approximate surface area is 119 Å². The van der Waals surface area contributed by atoms with E-state index in [4.69, 9.17) is 5.11 Å². The van der Waals surface area contributed by atoms with E-state index in [-0.39, 0.29) is 5.82 Å². The van der Waals surface area contributed by atoms with Gasteiger partial charge in [0, 0.05) is 30.6 Å². The molecule has 0 atom stereocenters. The second-order valence-electron chi connectivity index (χ2n) is 4.40. The van der Waals surface area contributed by atoms with E-state index in [9.17, 15) is 19.1 Å². The third-order valence-electron chi connectivity index (χ3n) is 2.80. The molecule has 2 aromatic rings. The number of ketones is 1. The molecule has 21 heavy (non-hydrogen) atoms. The van der Waals surface area contributed by atoms with E-state index in [1.54, 1.807) is 35.2 Å². The number of carbonyl (C=O) groups is 2. The van der Waals surface area contributed by atoms with Crippen LogP contribution in [0.25, 0.3) is 5.76 Å². The largest absolute Gasteiger partial charge is 0.507 e. The molecule has 2 rings (SSSR count). The highest BCUT2D eigenvalue weighted by molar-refractivity contribution is 6.38. The summed E-state index contributed by atoms with van der Waals surface area (Å²) in [5.74, 6) is -3.56. The number of hydrogen-bond acceptors (Lipinski definition) is 3. The van der Waals surface area contributed by atoms with E-state index in [1.807, 2.05) is 0 Å². The average Bonchev–Trinajstić information content (AvgIpc) is 2.90. The molecule has 1 aromatic heterocycles. The van der Waals surface area contributed by atoms with Crippen LogP contribution in [0.2, 0.25) is 0 Å². The van der Waals surface area contributed by atoms with Gasteiger partial charge in [0.1, 0.15) is 11.6 Å². The number of nitrogens with zero attached hydrogens (tertiary/aromatic N) is 1. The van der Waals surface area contributed by atoms with Crippen LogP contribution in [0.1, 0.15) is 11.1 Å². The second kappa shape index (κ2) is 6.04. The summed E-state index contributed by atoms with van der Waals surface area (Å²) < 4.78 is 14.5. The fourth-order valence-electron chi connectivity index (χ4n) is 1.76. The van der Waals surface area contributed by atoms with Gasteiger partial charge in [-0.05, 0) is 23.8 Å². The smallest absolute Gasteiger partial charge is 0.376 e. The number of carbonyl (C=O) groups excluding carboxylic acids is 1. The van der Waals surface area contributed by atoms with Crippen LogP contribution in [-0.4, -0.2) is 26.5 Å². The number of hydrogen-bond donors (Lipinski definition) is 2. The van der Waals surface area contributed by atoms with Crippen molar-refractivity contribution >= 4 is 17.5 Å². The van der Waals surface area contributed by atoms with Gasteiger partial charge < -0.3 is 14.8 Å². The molecule has 0 aliphatic rings. The van der Waals surface area contributed by atoms with Gasteiger partial charge in [-0.2, -0.15) is 0 Å². The summed E-state index contributed by atoms with van der Waals surface area (Å²) in [5, 5.41) is 18.1. The Kier molecular flexibility index (Phi) is 4.18. The average molecular weight is 289 g/mol. The molecule has 6 heteroatoms. The minimum Gasteiger partial charge on any atom is -0.507 e. The molecule has 0 unspecified atom stereocenters. The molecule has 0 saturated carbocycles. The van der Waals surface area contributed by atoms with Crippen LogP contribution in [0.3, 0.4) is 0 Å². The number of aliphatic carboxylic acids is 1. The van der Waals surface area contributed by atoms with Gasteiger partial charge in [0.25, 0.3) is 5.78 Å². The van der Waals surface area contributed by atoms with E-state index in [0.29, 0.717) is 18.2 Å². The van der Waals surface area contributed by atoms with Crippen molar-refractivity contribution in [3.8, 4) is 0 Å². The molecule has 1 aromatic carbocycles. The summed E-state index contributed by atoms with van der Waals surface area (Å²) in [6, 6.07) is 7.52. The van der Waals surface area contributed by atoms with Crippen molar-refractivity contribution in [3.05, 3.63) is 65.7 Å². The molecule has 0 aliphatic carbocycles. The number of aliphatic hydroxyl groups excluding tert-OH is 1. The number of rotatable bonds is 5. The van der Waals surface area contributed by atoms with Crippen LogP contribution in [0, 0.1) is 5.82 Å². The van der Waals surface area contributed by atoms with Crippen molar-refractivity contribution in [1.82, 2.24) is 4.57 Å². The Balaban J connectivity index is 2.12. The summed E-state index contributed by atoms with van der Waals surface area (Å²) >= 11 is 0. The van der Waals surface area contributed by atoms with Gasteiger partial charge in [-0.15, -0.1) is 0 Å². The zero-order valence-corrected chi connectivity index (χ0v) is 10.9. The lowest BCUT2D eigenvalue weighted by molar-refractivity contribution is -0.146. The van der Waals surface area contributed by atoms with Gasteiger partial charge in [0.05, 0.1) is 0 Å². The SMILES string of the molecule is O=C(O)C(=O)/C=C(\O)c1ccn(Cc2ccc(F)cc2)c1. The van der Waals surface area contributed by atoms with Crippen LogP contribution in [0.4, 0.5) is 4.39 Å². The molecule has 0 saturated heterocycles. The molecule has 0 fully saturated rings. The quantitative estimate of drug-likeness (QED) is 0.502. The topological polar surface area (TPSA) is 79.5 Å². The van der Waals surface area contributed by atoms with Crippen LogP contribution in [-0.2, 0) is 16.1 Å². The predicted molar refractivity (Wildman–Crippen MR) is 73.2 cm³/mol. The lowest BCUT2D eigenvalue weighted by atomic mass is 10.2. The molecule has 0 bridgehead atoms. The number of aromatic nitrogens is 1. The minimum atomic E-state index is -1.63. The van der Waals surface area contributed by atoms with Crippen LogP contribution >= 0.6 is 0 Å². The standard InChI is InChI=1S/C15H12FNO4/c16-12-3-1-10(2-4-12)8-17-6-5-11(9-17)13(18)7-14(19)15(20)21/h1-7,9,18H,8H2,(H,20,21)/b13-7-. The normalized spacial score (nSPS) is 11.4. The van der Waals surface area contributed by atoms with Gasteiger partial charge in [-0.25, -0.2) is 9.18 Å². The van der Waals surface area contributed by atoms with E-state index >= 15 is 0 Å². The Morgan fingerprint density at radius 1 is 1.14 bits per heavy atom. The summed E-state index contributed by atoms with van der Waals surface area (Å²) in [7, 11) is 0. The first-order chi connectivity index (χ1) is 9.95. The molecule has 108 valence electrons. The Bertz CT molecular complexity index is 701. The molecule has 0 amide bonds. The van der Waals surface area contributed by atoms with Gasteiger partial charge in [-0.1, -0.05) is 12.1 Å². The van der Waals surface area contributed by atoms with Crippen LogP contribution in [0.5, 0.6) is 0 Å². The molecule has 0 aliphatic heterocycles. The van der Waals surface area contributed by atoms with Crippen molar-refractivity contribution < 1.29 is 24.2 Å². The van der Waals surface area contributed by atoms with Gasteiger partial charge in [0.15, 0.2) is 0 Å². The van der Waals surface area contributed by atoms with E-state index in [2.05, 4.69) is 0 Å². The highest BCUT2D eigenvalue weighted by atomic mass is 19.1. The minimum absolute atomic E-state index is 0.320. The summed E-state index contributed by atoms with van der Waals surface area (Å²) in [5.41, 5.74) is 1.19. The molecule has 1 heterocycles. The number of carboxylic acid groups (broad SMARTS) is 1. The Hall–Kier alpha value is -2.89. The monoisotopic (exact) mass is 289 g/mol. The lowest BCUT2D eigenvalue weighted by Gasteiger charge is -2.03. The number of halogens is 1. The molecule has 5 nitrogen and oxygen atoms in total. The van der Waals surface area contributed by atoms with Crippen molar-refractivity contribution in [2.24, 2.45) is 0 Å². The van der Waals surface area contributed by atoms with Gasteiger partial charge >= 0.3 is 5.97 Å². The van der Waals surface area contributed by atoms with E-state index < -0.39 is 17.5 Å². The third-order valence-corrected chi connectivity index (χ3v) is 2.80. The molecule has 0 radical (unpaired) electrons. The molecule has 0 spiro atoms. The molecule has 2 N–H and O–H groups in total. The maximum absolute atomic E-state index is 12.8. The maximum Gasteiger partial charge on any atom is 0.376 e. The van der Waals surface area contributed by atoms with Crippen molar-refractivity contribution in [2.75, 3.05) is 0 Å². The number of carboxylic acids is 1. The number of benzene rings is 1. The van der Waals surface area contributed by atoms with Gasteiger partial charge in [0.2, 0.25) is 0 Å². The summed E-state index contributed by atoms with van der Waals surface area (Å²) in [4.78, 5) is 21.4. The van der Waals surface area contributed by atoms with Crippen LogP contribution in [0.15, 0.2) is 48.8 Å². The highest BCUT2D eigenvalue weighted by Crippen LogP contribution is 2.13. The zero-order valence-electron chi connectivity index (χ0n) is 10.9. The van der Waals surface area contributed by atoms with E-state index in [0.717, 1.165) is 5.56 Å². The van der Waals surface area contributed by atoms with Crippen molar-refractivity contribution in [1.29, 1.82) is 0 Å². The Morgan fingerprint density at radius 2 is 1.81 bits per heavy atom. The first-order valence-electron chi connectivity index (χ1n) is 6.04. The number of aliphatic hydroxyl groups is 1. The summed E-state index contributed by atoms with van der Waals surface area (Å²) in [6.07, 6.45) is 3.87. The van der Waals surface area contributed by atoms with Crippen LogP contribution < -0.4 is 0 Å². The van der Waals surface area contributed by atoms with Crippen molar-refractivity contribution in [3.63, 3.8) is 0 Å². The zero-order chi connectivity index (χ0) is 15.4. The lowest BCUT2D eigenvalue weighted by Crippen LogP contribution is -2.09. The van der Waals surface area contributed by atoms with E-state index in [1.165, 1.54) is 12.1 Å². The maximum atomic E-state index is 12.8. The van der Waals surface area contributed by atoms with Gasteiger partial charge in [-0.3, -0.25) is 4.79 Å². The molecular weight excluding hydrogens is 277 g/mol.